The summed E-state index contributed by atoms with van der Waals surface area (Å²) in [5.41, 5.74) is 2.24. The van der Waals surface area contributed by atoms with Gasteiger partial charge >= 0.3 is 12.2 Å². The molecular weight excluding hydrogens is 535 g/mol. The normalized spacial score (nSPS) is 12.9. The summed E-state index contributed by atoms with van der Waals surface area (Å²) >= 11 is 0. The summed E-state index contributed by atoms with van der Waals surface area (Å²) in [7, 11) is 1.58. The molecule has 4 aromatic rings. The highest BCUT2D eigenvalue weighted by molar-refractivity contribution is 6.07. The molecule has 2 heterocycles. The molecule has 9 nitrogen and oxygen atoms in total. The van der Waals surface area contributed by atoms with Gasteiger partial charge in [-0.3, -0.25) is 14.6 Å². The number of halogens is 3. The SMILES string of the molecule is Cc1ccc(NC(=O)c2cccc(C(F)(F)F)c2)cc1N1Cc2cnc(Nc3cccc(C#N)c3)nc2N(C)C1=O. The Labute approximate surface area is 232 Å². The zero-order valence-electron chi connectivity index (χ0n) is 21.8. The van der Waals surface area contributed by atoms with E-state index in [-0.39, 0.29) is 24.1 Å². The Morgan fingerprint density at radius 2 is 1.83 bits per heavy atom. The third-order valence-corrected chi connectivity index (χ3v) is 6.46. The summed E-state index contributed by atoms with van der Waals surface area (Å²) < 4.78 is 39.3. The van der Waals surface area contributed by atoms with Crippen LogP contribution >= 0.6 is 0 Å². The van der Waals surface area contributed by atoms with Crippen LogP contribution in [-0.4, -0.2) is 29.0 Å². The smallest absolute Gasteiger partial charge is 0.324 e. The zero-order valence-corrected chi connectivity index (χ0v) is 21.8. The van der Waals surface area contributed by atoms with Crippen LogP contribution in [0.15, 0.2) is 72.9 Å². The second-order valence-corrected chi connectivity index (χ2v) is 9.32. The van der Waals surface area contributed by atoms with Crippen LogP contribution in [0.3, 0.4) is 0 Å². The number of alkyl halides is 3. The molecule has 0 bridgehead atoms. The lowest BCUT2D eigenvalue weighted by atomic mass is 10.1. The average Bonchev–Trinajstić information content (AvgIpc) is 2.96. The largest absolute Gasteiger partial charge is 0.416 e. The number of benzene rings is 3. The third-order valence-electron chi connectivity index (χ3n) is 6.46. The summed E-state index contributed by atoms with van der Waals surface area (Å²) in [4.78, 5) is 37.9. The molecule has 12 heteroatoms. The number of hydrogen-bond acceptors (Lipinski definition) is 6. The van der Waals surface area contributed by atoms with E-state index in [1.807, 2.05) is 0 Å². The first-order valence-electron chi connectivity index (χ1n) is 12.3. The van der Waals surface area contributed by atoms with Gasteiger partial charge in [-0.05, 0) is 61.0 Å². The Morgan fingerprint density at radius 1 is 1.05 bits per heavy atom. The minimum atomic E-state index is -4.58. The second-order valence-electron chi connectivity index (χ2n) is 9.32. The topological polar surface area (TPSA) is 114 Å². The molecule has 0 spiro atoms. The van der Waals surface area contributed by atoms with Crippen LogP contribution in [0.5, 0.6) is 0 Å². The van der Waals surface area contributed by atoms with Gasteiger partial charge in [0.05, 0.1) is 29.4 Å². The maximum absolute atomic E-state index is 13.4. The molecule has 0 unspecified atom stereocenters. The first-order valence-corrected chi connectivity index (χ1v) is 12.3. The molecule has 0 saturated carbocycles. The van der Waals surface area contributed by atoms with E-state index in [1.165, 1.54) is 21.9 Å². The van der Waals surface area contributed by atoms with E-state index in [0.29, 0.717) is 34.0 Å². The van der Waals surface area contributed by atoms with Gasteiger partial charge in [-0.2, -0.15) is 23.4 Å². The van der Waals surface area contributed by atoms with Crippen molar-refractivity contribution in [3.05, 3.63) is 101 Å². The Balaban J connectivity index is 1.38. The van der Waals surface area contributed by atoms with Crippen molar-refractivity contribution >= 4 is 40.8 Å². The number of rotatable bonds is 5. The number of nitrogens with one attached hydrogen (secondary N) is 2. The quantitative estimate of drug-likeness (QED) is 0.300. The third kappa shape index (κ3) is 5.65. The van der Waals surface area contributed by atoms with Crippen molar-refractivity contribution in [1.29, 1.82) is 5.26 Å². The van der Waals surface area contributed by atoms with Crippen molar-refractivity contribution in [2.24, 2.45) is 0 Å². The molecule has 0 atom stereocenters. The van der Waals surface area contributed by atoms with Crippen LogP contribution < -0.4 is 20.4 Å². The van der Waals surface area contributed by atoms with Crippen LogP contribution in [0.25, 0.3) is 0 Å². The van der Waals surface area contributed by atoms with Crippen molar-refractivity contribution in [3.63, 3.8) is 0 Å². The number of anilines is 5. The Morgan fingerprint density at radius 3 is 2.59 bits per heavy atom. The van der Waals surface area contributed by atoms with Gasteiger partial charge in [0.1, 0.15) is 5.82 Å². The number of carbonyl (C=O) groups excluding carboxylic acids is 2. The molecule has 0 aliphatic carbocycles. The van der Waals surface area contributed by atoms with Gasteiger partial charge in [0, 0.05) is 35.7 Å². The molecule has 206 valence electrons. The number of fused-ring (bicyclic) bond motifs is 1. The number of hydrogen-bond donors (Lipinski definition) is 2. The van der Waals surface area contributed by atoms with E-state index in [4.69, 9.17) is 5.26 Å². The second kappa shape index (κ2) is 10.6. The standard InChI is InChI=1S/C29H22F3N7O2/c1-17-9-10-23(35-26(40)19-6-4-7-21(12-19)29(30,31)32)13-24(17)39-16-20-15-34-27(37-25(20)38(2)28(39)41)36-22-8-3-5-18(11-22)14-33/h3-13,15H,16H2,1-2H3,(H,35,40)(H,34,36,37). The van der Waals surface area contributed by atoms with Crippen molar-refractivity contribution in [2.45, 2.75) is 19.6 Å². The van der Waals surface area contributed by atoms with Crippen LogP contribution in [0, 0.1) is 18.3 Å². The van der Waals surface area contributed by atoms with E-state index in [1.54, 1.807) is 62.6 Å². The van der Waals surface area contributed by atoms with Gasteiger partial charge < -0.3 is 10.6 Å². The van der Waals surface area contributed by atoms with E-state index in [0.717, 1.165) is 17.7 Å². The fourth-order valence-corrected chi connectivity index (χ4v) is 4.37. The Kier molecular flexibility index (Phi) is 7.03. The zero-order chi connectivity index (χ0) is 29.3. The fraction of sp³-hybridized carbons (Fsp3) is 0.138. The monoisotopic (exact) mass is 557 g/mol. The summed E-state index contributed by atoms with van der Waals surface area (Å²) in [6.07, 6.45) is -2.98. The number of nitriles is 1. The van der Waals surface area contributed by atoms with Crippen molar-refractivity contribution in [1.82, 2.24) is 9.97 Å². The molecule has 0 saturated heterocycles. The number of carbonyl (C=O) groups is 2. The predicted octanol–water partition coefficient (Wildman–Crippen LogP) is 6.25. The maximum atomic E-state index is 13.4. The number of aromatic nitrogens is 2. The predicted molar refractivity (Wildman–Crippen MR) is 147 cm³/mol. The van der Waals surface area contributed by atoms with Crippen LogP contribution in [0.4, 0.5) is 46.8 Å². The fourth-order valence-electron chi connectivity index (χ4n) is 4.37. The molecule has 3 aromatic carbocycles. The maximum Gasteiger partial charge on any atom is 0.416 e. The van der Waals surface area contributed by atoms with Gasteiger partial charge in [0.25, 0.3) is 5.91 Å². The minimum absolute atomic E-state index is 0.147. The lowest BCUT2D eigenvalue weighted by molar-refractivity contribution is -0.137. The lowest BCUT2D eigenvalue weighted by Crippen LogP contribution is -2.46. The molecule has 1 aliphatic heterocycles. The summed E-state index contributed by atoms with van der Waals surface area (Å²) in [6, 6.07) is 17.6. The van der Waals surface area contributed by atoms with Crippen molar-refractivity contribution in [3.8, 4) is 6.07 Å². The molecule has 0 fully saturated rings. The number of nitrogens with zero attached hydrogens (tertiary/aromatic N) is 5. The molecule has 3 amide bonds. The highest BCUT2D eigenvalue weighted by Crippen LogP contribution is 2.34. The molecule has 1 aromatic heterocycles. The van der Waals surface area contributed by atoms with Crippen molar-refractivity contribution in [2.75, 3.05) is 27.5 Å². The lowest BCUT2D eigenvalue weighted by Gasteiger charge is -2.35. The van der Waals surface area contributed by atoms with Crippen LogP contribution in [0.2, 0.25) is 0 Å². The number of urea groups is 1. The van der Waals surface area contributed by atoms with Gasteiger partial charge in [0.2, 0.25) is 5.95 Å². The Hall–Kier alpha value is -5.44. The Bertz CT molecular complexity index is 1720. The van der Waals surface area contributed by atoms with Gasteiger partial charge in [0.15, 0.2) is 0 Å². The summed E-state index contributed by atoms with van der Waals surface area (Å²) in [5.74, 6) is -0.0543. The highest BCUT2D eigenvalue weighted by Gasteiger charge is 2.32. The first-order chi connectivity index (χ1) is 19.5. The van der Waals surface area contributed by atoms with Gasteiger partial charge in [-0.1, -0.05) is 18.2 Å². The average molecular weight is 558 g/mol. The van der Waals surface area contributed by atoms with Crippen LogP contribution in [0.1, 0.15) is 32.6 Å². The van der Waals surface area contributed by atoms with Crippen molar-refractivity contribution < 1.29 is 22.8 Å². The molecule has 5 rings (SSSR count). The number of amides is 3. The molecular formula is C29H22F3N7O2. The number of aryl methyl sites for hydroxylation is 1. The molecule has 41 heavy (non-hydrogen) atoms. The van der Waals surface area contributed by atoms with E-state index in [2.05, 4.69) is 26.7 Å². The van der Waals surface area contributed by atoms with E-state index < -0.39 is 17.6 Å². The molecule has 2 N–H and O–H groups in total. The summed E-state index contributed by atoms with van der Waals surface area (Å²) in [5, 5.41) is 14.8. The minimum Gasteiger partial charge on any atom is -0.324 e. The van der Waals surface area contributed by atoms with Gasteiger partial charge in [-0.15, -0.1) is 0 Å². The van der Waals surface area contributed by atoms with E-state index in [9.17, 15) is 22.8 Å². The van der Waals surface area contributed by atoms with E-state index >= 15 is 0 Å². The van der Waals surface area contributed by atoms with Crippen LogP contribution in [-0.2, 0) is 12.7 Å². The molecule has 1 aliphatic rings. The summed E-state index contributed by atoms with van der Waals surface area (Å²) in [6.45, 7) is 1.95. The first kappa shape index (κ1) is 27.1. The molecule has 0 radical (unpaired) electrons. The highest BCUT2D eigenvalue weighted by atomic mass is 19.4. The van der Waals surface area contributed by atoms with Gasteiger partial charge in [-0.25, -0.2) is 9.78 Å².